The Morgan fingerprint density at radius 3 is 2.45 bits per heavy atom. The molecule has 0 aromatic heterocycles. The summed E-state index contributed by atoms with van der Waals surface area (Å²) in [6.45, 7) is 9.72. The van der Waals surface area contributed by atoms with E-state index in [1.54, 1.807) is 24.1 Å². The van der Waals surface area contributed by atoms with Crippen LogP contribution in [0.4, 0.5) is 15.8 Å². The van der Waals surface area contributed by atoms with Crippen molar-refractivity contribution in [1.82, 2.24) is 4.90 Å². The molecule has 0 aliphatic carbocycles. The molecule has 3 heterocycles. The number of halogens is 1. The first kappa shape index (κ1) is 24.3. The molecule has 7 nitrogen and oxygen atoms in total. The number of ether oxygens (including phenoxy) is 1. The lowest BCUT2D eigenvalue weighted by Crippen LogP contribution is -2.44. The number of imide groups is 1. The van der Waals surface area contributed by atoms with Gasteiger partial charge in [-0.05, 0) is 67.3 Å². The Hall–Kier alpha value is -4.09. The Balaban J connectivity index is 1.31. The van der Waals surface area contributed by atoms with Gasteiger partial charge in [0.25, 0.3) is 5.91 Å². The van der Waals surface area contributed by atoms with Crippen LogP contribution in [0.25, 0.3) is 15.6 Å². The smallest absolute Gasteiger partial charge is 0.253 e. The van der Waals surface area contributed by atoms with Crippen LogP contribution in [0.15, 0.2) is 60.7 Å². The highest BCUT2D eigenvalue weighted by Gasteiger charge is 2.73. The number of hydrogen-bond donors (Lipinski definition) is 0. The third-order valence-corrected chi connectivity index (χ3v) is 8.56. The van der Waals surface area contributed by atoms with Gasteiger partial charge >= 0.3 is 0 Å². The summed E-state index contributed by atoms with van der Waals surface area (Å²) in [5.41, 5.74) is -0.299. The maximum atomic E-state index is 14.0. The van der Waals surface area contributed by atoms with E-state index >= 15 is 0 Å². The van der Waals surface area contributed by atoms with Crippen LogP contribution in [0.5, 0.6) is 0 Å². The van der Waals surface area contributed by atoms with E-state index in [1.165, 1.54) is 29.2 Å². The van der Waals surface area contributed by atoms with Gasteiger partial charge in [-0.3, -0.25) is 14.4 Å². The van der Waals surface area contributed by atoms with Gasteiger partial charge in [0.15, 0.2) is 5.69 Å². The van der Waals surface area contributed by atoms with Crippen molar-refractivity contribution in [2.75, 3.05) is 18.5 Å². The summed E-state index contributed by atoms with van der Waals surface area (Å²) < 4.78 is 19.8. The Morgan fingerprint density at radius 1 is 1.05 bits per heavy atom. The van der Waals surface area contributed by atoms with Crippen LogP contribution in [-0.2, 0) is 14.3 Å². The third kappa shape index (κ3) is 3.38. The van der Waals surface area contributed by atoms with Crippen molar-refractivity contribution in [3.8, 4) is 0 Å². The molecule has 3 aliphatic rings. The summed E-state index contributed by atoms with van der Waals surface area (Å²) in [5.74, 6) is -2.50. The maximum Gasteiger partial charge on any atom is 0.253 e. The quantitative estimate of drug-likeness (QED) is 0.352. The predicted molar refractivity (Wildman–Crippen MR) is 139 cm³/mol. The second kappa shape index (κ2) is 8.47. The van der Waals surface area contributed by atoms with Gasteiger partial charge in [0.1, 0.15) is 5.82 Å². The summed E-state index contributed by atoms with van der Waals surface area (Å²) in [4.78, 5) is 47.2. The highest BCUT2D eigenvalue weighted by Crippen LogP contribution is 2.62. The number of fused-ring (bicyclic) bond motifs is 6. The first-order valence-electron chi connectivity index (χ1n) is 12.7. The number of carbonyl (C=O) groups is 3. The molecule has 0 spiro atoms. The molecule has 192 valence electrons. The van der Waals surface area contributed by atoms with Gasteiger partial charge in [-0.2, -0.15) is 0 Å². The molecule has 3 aliphatic heterocycles. The molecule has 0 N–H and O–H groups in total. The summed E-state index contributed by atoms with van der Waals surface area (Å²) >= 11 is 0. The van der Waals surface area contributed by atoms with Gasteiger partial charge in [0, 0.05) is 19.2 Å². The lowest BCUT2D eigenvalue weighted by Gasteiger charge is -2.32. The van der Waals surface area contributed by atoms with Crippen molar-refractivity contribution in [3.05, 3.63) is 83.5 Å². The first-order valence-corrected chi connectivity index (χ1v) is 12.7. The molecule has 4 atom stereocenters. The summed E-state index contributed by atoms with van der Waals surface area (Å²) in [7, 11) is 1.67. The molecule has 0 radical (unpaired) electrons. The average Bonchev–Trinajstić information content (AvgIpc) is 3.51. The third-order valence-electron chi connectivity index (χ3n) is 8.56. The van der Waals surface area contributed by atoms with Crippen LogP contribution in [0.3, 0.4) is 0 Å². The second-order valence-corrected chi connectivity index (χ2v) is 10.7. The average molecular weight is 512 g/mol. The van der Waals surface area contributed by atoms with Gasteiger partial charge in [0.2, 0.25) is 11.8 Å². The Kier molecular flexibility index (Phi) is 5.41. The molecule has 3 aromatic carbocycles. The van der Waals surface area contributed by atoms with E-state index in [-0.39, 0.29) is 17.7 Å². The van der Waals surface area contributed by atoms with Crippen molar-refractivity contribution in [2.45, 2.75) is 37.4 Å². The van der Waals surface area contributed by atoms with Crippen molar-refractivity contribution < 1.29 is 23.5 Å². The predicted octanol–water partition coefficient (Wildman–Crippen LogP) is 5.12. The highest BCUT2D eigenvalue weighted by molar-refractivity contribution is 6.26. The van der Waals surface area contributed by atoms with Crippen LogP contribution in [0.1, 0.15) is 36.5 Å². The van der Waals surface area contributed by atoms with Crippen LogP contribution < -0.4 is 4.90 Å². The fourth-order valence-electron chi connectivity index (χ4n) is 6.68. The Labute approximate surface area is 219 Å². The second-order valence-electron chi connectivity index (χ2n) is 10.7. The normalized spacial score (nSPS) is 27.6. The van der Waals surface area contributed by atoms with E-state index in [4.69, 9.17) is 11.3 Å². The standard InChI is InChI=1S/C30H26FN3O4/c1-29-14-15-30(38-29,16-17-33(3)26(35)18-8-10-19(31)11-9-18)25-24(29)27(36)34(28(25)37)23-13-12-22(32-2)20-6-4-5-7-21(20)23/h4-13,24-25H,14-17H2,1,3H3/t24-,25+,29?,30?/m1/s1. The molecule has 3 amide bonds. The number of anilines is 1. The molecule has 8 heteroatoms. The molecule has 3 saturated heterocycles. The maximum absolute atomic E-state index is 14.0. The largest absolute Gasteiger partial charge is 0.367 e. The first-order chi connectivity index (χ1) is 18.2. The molecule has 0 saturated carbocycles. The van der Waals surface area contributed by atoms with Crippen molar-refractivity contribution in [3.63, 3.8) is 0 Å². The minimum Gasteiger partial charge on any atom is -0.367 e. The number of nitrogens with zero attached hydrogens (tertiary/aromatic N) is 3. The van der Waals surface area contributed by atoms with Gasteiger partial charge in [-0.15, -0.1) is 0 Å². The fourth-order valence-corrected chi connectivity index (χ4v) is 6.68. The number of hydrogen-bond acceptors (Lipinski definition) is 4. The molecular formula is C30H26FN3O4. The molecule has 6 rings (SSSR count). The van der Waals surface area contributed by atoms with E-state index in [0.29, 0.717) is 53.5 Å². The highest BCUT2D eigenvalue weighted by atomic mass is 19.1. The van der Waals surface area contributed by atoms with Gasteiger partial charge in [-0.25, -0.2) is 14.1 Å². The summed E-state index contributed by atoms with van der Waals surface area (Å²) in [6.07, 6.45) is 1.67. The van der Waals surface area contributed by atoms with E-state index in [0.717, 1.165) is 0 Å². The molecule has 3 fully saturated rings. The van der Waals surface area contributed by atoms with Gasteiger partial charge in [-0.1, -0.05) is 30.3 Å². The monoisotopic (exact) mass is 511 g/mol. The van der Waals surface area contributed by atoms with Crippen molar-refractivity contribution in [2.24, 2.45) is 11.8 Å². The summed E-state index contributed by atoms with van der Waals surface area (Å²) in [6, 6.07) is 16.0. The van der Waals surface area contributed by atoms with E-state index < -0.39 is 28.9 Å². The van der Waals surface area contributed by atoms with Crippen LogP contribution in [0.2, 0.25) is 0 Å². The molecule has 2 unspecified atom stereocenters. The van der Waals surface area contributed by atoms with E-state index in [1.807, 2.05) is 31.2 Å². The molecular weight excluding hydrogens is 485 g/mol. The lowest BCUT2D eigenvalue weighted by atomic mass is 9.67. The minimum absolute atomic E-state index is 0.251. The zero-order chi connectivity index (χ0) is 26.8. The van der Waals surface area contributed by atoms with Crippen LogP contribution >= 0.6 is 0 Å². The topological polar surface area (TPSA) is 71.3 Å². The van der Waals surface area contributed by atoms with E-state index in [2.05, 4.69) is 4.85 Å². The lowest BCUT2D eigenvalue weighted by molar-refractivity contribution is -0.130. The molecule has 2 bridgehead atoms. The van der Waals surface area contributed by atoms with Gasteiger partial charge < -0.3 is 9.64 Å². The SMILES string of the molecule is [C-]#[N+]c1ccc(N2C(=O)[C@@H]3[C@H](C2=O)C2(C)CCC3(CCN(C)C(=O)c3ccc(F)cc3)O2)c2ccccc12. The van der Waals surface area contributed by atoms with Crippen molar-refractivity contribution >= 4 is 39.9 Å². The number of benzene rings is 3. The fraction of sp³-hybridized carbons (Fsp3) is 0.333. The zero-order valence-corrected chi connectivity index (χ0v) is 21.1. The Morgan fingerprint density at radius 2 is 1.74 bits per heavy atom. The summed E-state index contributed by atoms with van der Waals surface area (Å²) in [5, 5.41) is 1.37. The van der Waals surface area contributed by atoms with E-state index in [9.17, 15) is 18.8 Å². The zero-order valence-electron chi connectivity index (χ0n) is 21.1. The van der Waals surface area contributed by atoms with Crippen LogP contribution in [0, 0.1) is 24.2 Å². The number of carbonyl (C=O) groups excluding carboxylic acids is 3. The molecule has 38 heavy (non-hydrogen) atoms. The minimum atomic E-state index is -0.857. The van der Waals surface area contributed by atoms with Crippen LogP contribution in [-0.4, -0.2) is 47.4 Å². The number of rotatable bonds is 5. The molecule has 3 aromatic rings. The van der Waals surface area contributed by atoms with Crippen molar-refractivity contribution in [1.29, 1.82) is 0 Å². The van der Waals surface area contributed by atoms with Gasteiger partial charge in [0.05, 0.1) is 35.3 Å². The Bertz CT molecular complexity index is 1550. The number of amides is 3.